The molecule has 0 heterocycles. The van der Waals surface area contributed by atoms with Crippen LogP contribution >= 0.6 is 27.7 Å². The van der Waals surface area contributed by atoms with Crippen molar-refractivity contribution < 1.29 is 5.11 Å². The minimum absolute atomic E-state index is 0.407. The van der Waals surface area contributed by atoms with Crippen LogP contribution in [0.15, 0.2) is 27.6 Å². The summed E-state index contributed by atoms with van der Waals surface area (Å²) < 4.78 is 0.976. The van der Waals surface area contributed by atoms with E-state index in [1.165, 1.54) is 4.90 Å². The van der Waals surface area contributed by atoms with E-state index in [0.717, 1.165) is 10.0 Å². The van der Waals surface area contributed by atoms with Crippen molar-refractivity contribution in [3.63, 3.8) is 0 Å². The first-order chi connectivity index (χ1) is 5.65. The van der Waals surface area contributed by atoms with E-state index in [1.54, 1.807) is 18.7 Å². The van der Waals surface area contributed by atoms with E-state index in [4.69, 9.17) is 0 Å². The van der Waals surface area contributed by atoms with Crippen LogP contribution in [0.4, 0.5) is 0 Å². The van der Waals surface area contributed by atoms with Gasteiger partial charge in [-0.15, -0.1) is 11.8 Å². The van der Waals surface area contributed by atoms with Crippen molar-refractivity contribution in [2.45, 2.75) is 17.9 Å². The molecular formula is C9H11BrOS. The summed E-state index contributed by atoms with van der Waals surface area (Å²) in [4.78, 5) is 1.20. The summed E-state index contributed by atoms with van der Waals surface area (Å²) >= 11 is 5.11. The molecule has 1 nitrogen and oxygen atoms in total. The van der Waals surface area contributed by atoms with Crippen LogP contribution in [0.1, 0.15) is 18.6 Å². The molecule has 1 aromatic carbocycles. The maximum atomic E-state index is 9.33. The van der Waals surface area contributed by atoms with Gasteiger partial charge in [0.15, 0.2) is 0 Å². The van der Waals surface area contributed by atoms with Crippen LogP contribution < -0.4 is 0 Å². The Morgan fingerprint density at radius 3 is 2.58 bits per heavy atom. The molecule has 1 atom stereocenters. The van der Waals surface area contributed by atoms with Gasteiger partial charge in [0, 0.05) is 9.37 Å². The average Bonchev–Trinajstić information content (AvgIpc) is 2.03. The van der Waals surface area contributed by atoms with Gasteiger partial charge in [0.1, 0.15) is 0 Å². The summed E-state index contributed by atoms with van der Waals surface area (Å²) in [5, 5.41) is 9.33. The molecule has 3 heteroatoms. The molecule has 1 N–H and O–H groups in total. The zero-order valence-electron chi connectivity index (χ0n) is 7.04. The van der Waals surface area contributed by atoms with Crippen molar-refractivity contribution in [3.8, 4) is 0 Å². The molecule has 0 unspecified atom stereocenters. The van der Waals surface area contributed by atoms with Crippen LogP contribution in [-0.2, 0) is 0 Å². The molecule has 0 aliphatic heterocycles. The Hall–Kier alpha value is 0.01000. The van der Waals surface area contributed by atoms with Gasteiger partial charge in [-0.05, 0) is 30.9 Å². The van der Waals surface area contributed by atoms with Crippen molar-refractivity contribution in [2.24, 2.45) is 0 Å². The molecule has 1 aromatic rings. The van der Waals surface area contributed by atoms with Gasteiger partial charge in [-0.25, -0.2) is 0 Å². The highest BCUT2D eigenvalue weighted by molar-refractivity contribution is 9.10. The van der Waals surface area contributed by atoms with Crippen LogP contribution in [0.5, 0.6) is 0 Å². The van der Waals surface area contributed by atoms with E-state index < -0.39 is 6.10 Å². The van der Waals surface area contributed by atoms with Crippen molar-refractivity contribution in [1.29, 1.82) is 0 Å². The first kappa shape index (κ1) is 10.1. The number of benzene rings is 1. The minimum Gasteiger partial charge on any atom is -0.389 e. The van der Waals surface area contributed by atoms with E-state index >= 15 is 0 Å². The van der Waals surface area contributed by atoms with Gasteiger partial charge in [0.2, 0.25) is 0 Å². The highest BCUT2D eigenvalue weighted by atomic mass is 79.9. The van der Waals surface area contributed by atoms with Crippen LogP contribution in [0.25, 0.3) is 0 Å². The highest BCUT2D eigenvalue weighted by Gasteiger charge is 2.05. The Balaban J connectivity index is 3.03. The average molecular weight is 247 g/mol. The Morgan fingerprint density at radius 1 is 1.50 bits per heavy atom. The summed E-state index contributed by atoms with van der Waals surface area (Å²) in [7, 11) is 0. The summed E-state index contributed by atoms with van der Waals surface area (Å²) in [6, 6.07) is 5.98. The lowest BCUT2D eigenvalue weighted by molar-refractivity contribution is 0.198. The zero-order chi connectivity index (χ0) is 9.14. The number of hydrogen-bond acceptors (Lipinski definition) is 2. The lowest BCUT2D eigenvalue weighted by atomic mass is 10.1. The quantitative estimate of drug-likeness (QED) is 0.809. The number of rotatable bonds is 2. The van der Waals surface area contributed by atoms with Gasteiger partial charge in [0.05, 0.1) is 6.10 Å². The van der Waals surface area contributed by atoms with Gasteiger partial charge >= 0.3 is 0 Å². The second-order valence-electron chi connectivity index (χ2n) is 2.56. The zero-order valence-corrected chi connectivity index (χ0v) is 9.45. The first-order valence-electron chi connectivity index (χ1n) is 3.66. The number of aliphatic hydroxyl groups excluding tert-OH is 1. The molecule has 0 aromatic heterocycles. The molecule has 0 saturated carbocycles. The lowest BCUT2D eigenvalue weighted by Crippen LogP contribution is -1.91. The number of halogens is 1. The van der Waals surface area contributed by atoms with Crippen LogP contribution in [0.2, 0.25) is 0 Å². The van der Waals surface area contributed by atoms with Crippen LogP contribution in [0, 0.1) is 0 Å². The van der Waals surface area contributed by atoms with Crippen molar-refractivity contribution in [1.82, 2.24) is 0 Å². The normalized spacial score (nSPS) is 13.0. The van der Waals surface area contributed by atoms with Gasteiger partial charge in [-0.2, -0.15) is 0 Å². The number of hydrogen-bond donors (Lipinski definition) is 1. The maximum Gasteiger partial charge on any atom is 0.0772 e. The van der Waals surface area contributed by atoms with E-state index in [9.17, 15) is 5.11 Å². The molecule has 0 aliphatic carbocycles. The van der Waals surface area contributed by atoms with E-state index in [0.29, 0.717) is 0 Å². The summed E-state index contributed by atoms with van der Waals surface area (Å²) in [5.41, 5.74) is 0.938. The van der Waals surface area contributed by atoms with Crippen LogP contribution in [-0.4, -0.2) is 11.4 Å². The summed E-state index contributed by atoms with van der Waals surface area (Å²) in [6.45, 7) is 1.76. The minimum atomic E-state index is -0.407. The fourth-order valence-electron chi connectivity index (χ4n) is 0.974. The third-order valence-electron chi connectivity index (χ3n) is 1.66. The molecule has 66 valence electrons. The topological polar surface area (TPSA) is 20.2 Å². The smallest absolute Gasteiger partial charge is 0.0772 e. The monoisotopic (exact) mass is 246 g/mol. The van der Waals surface area contributed by atoms with E-state index in [2.05, 4.69) is 15.9 Å². The van der Waals surface area contributed by atoms with Crippen molar-refractivity contribution in [3.05, 3.63) is 28.2 Å². The molecule has 0 saturated heterocycles. The largest absolute Gasteiger partial charge is 0.389 e. The number of thioether (sulfide) groups is 1. The first-order valence-corrected chi connectivity index (χ1v) is 5.68. The van der Waals surface area contributed by atoms with Crippen molar-refractivity contribution in [2.75, 3.05) is 6.26 Å². The van der Waals surface area contributed by atoms with E-state index in [-0.39, 0.29) is 0 Å². The van der Waals surface area contributed by atoms with Gasteiger partial charge in [-0.3, -0.25) is 0 Å². The van der Waals surface area contributed by atoms with Gasteiger partial charge in [-0.1, -0.05) is 22.0 Å². The van der Waals surface area contributed by atoms with Gasteiger partial charge < -0.3 is 5.11 Å². The Bertz CT molecular complexity index is 273. The second kappa shape index (κ2) is 4.30. The lowest BCUT2D eigenvalue weighted by Gasteiger charge is -2.08. The van der Waals surface area contributed by atoms with E-state index in [1.807, 2.05) is 24.5 Å². The highest BCUT2D eigenvalue weighted by Crippen LogP contribution is 2.27. The molecule has 0 fully saturated rings. The Labute approximate surface area is 85.3 Å². The third-order valence-corrected chi connectivity index (χ3v) is 3.07. The maximum absolute atomic E-state index is 9.33. The second-order valence-corrected chi connectivity index (χ2v) is 4.30. The molecule has 1 rings (SSSR count). The molecule has 12 heavy (non-hydrogen) atoms. The summed E-state index contributed by atoms with van der Waals surface area (Å²) in [6.07, 6.45) is 1.62. The Kier molecular flexibility index (Phi) is 3.62. The molecule has 0 aliphatic rings. The molecule has 0 radical (unpaired) electrons. The third kappa shape index (κ3) is 2.25. The fraction of sp³-hybridized carbons (Fsp3) is 0.333. The predicted molar refractivity (Wildman–Crippen MR) is 56.6 cm³/mol. The van der Waals surface area contributed by atoms with Gasteiger partial charge in [0.25, 0.3) is 0 Å². The predicted octanol–water partition coefficient (Wildman–Crippen LogP) is 3.22. The molecule has 0 spiro atoms. The standard InChI is InChI=1S/C9H11BrOS/c1-6(11)8-4-3-7(12-2)5-9(8)10/h3-6,11H,1-2H3/t6-/m1/s1. The number of aliphatic hydroxyl groups is 1. The van der Waals surface area contributed by atoms with Crippen LogP contribution in [0.3, 0.4) is 0 Å². The molecular weight excluding hydrogens is 236 g/mol. The SMILES string of the molecule is CSc1ccc([C@@H](C)O)c(Br)c1. The molecule has 0 bridgehead atoms. The molecule has 0 amide bonds. The Morgan fingerprint density at radius 2 is 2.17 bits per heavy atom. The fourth-order valence-corrected chi connectivity index (χ4v) is 2.28. The summed E-state index contributed by atoms with van der Waals surface area (Å²) in [5.74, 6) is 0. The van der Waals surface area contributed by atoms with Crippen molar-refractivity contribution >= 4 is 27.7 Å².